The van der Waals surface area contributed by atoms with Crippen molar-refractivity contribution in [2.75, 3.05) is 38.2 Å². The number of piperazine rings is 1. The van der Waals surface area contributed by atoms with Gasteiger partial charge in [0.1, 0.15) is 5.75 Å². The van der Waals surface area contributed by atoms with Gasteiger partial charge in [-0.2, -0.15) is 0 Å². The molecule has 0 spiro atoms. The van der Waals surface area contributed by atoms with Crippen molar-refractivity contribution in [3.8, 4) is 5.75 Å². The number of ether oxygens (including phenoxy) is 1. The van der Waals surface area contributed by atoms with Gasteiger partial charge >= 0.3 is 0 Å². The average molecular weight is 324 g/mol. The van der Waals surface area contributed by atoms with Gasteiger partial charge in [-0.25, -0.2) is 0 Å². The number of rotatable bonds is 5. The molecule has 3 heteroatoms. The zero-order chi connectivity index (χ0) is 16.9. The lowest BCUT2D eigenvalue weighted by Gasteiger charge is -2.41. The molecule has 1 heterocycles. The van der Waals surface area contributed by atoms with Gasteiger partial charge in [-0.1, -0.05) is 49.4 Å². The summed E-state index contributed by atoms with van der Waals surface area (Å²) >= 11 is 0. The largest absolute Gasteiger partial charge is 0.495 e. The van der Waals surface area contributed by atoms with Crippen LogP contribution in [0.1, 0.15) is 25.3 Å². The molecule has 3 nitrogen and oxygen atoms in total. The summed E-state index contributed by atoms with van der Waals surface area (Å²) in [6.45, 7) is 8.98. The normalized spacial score (nSPS) is 18.2. The molecule has 0 aliphatic carbocycles. The standard InChI is InChI=1S/C21H28N2O/c1-17(19-9-5-4-6-10-19)18(2)22-13-15-23(16-14-22)20-11-7-8-12-21(20)24-3/h4-12,17-18H,13-16H2,1-3H3/t17?,18-/m1/s1. The number of methoxy groups -OCH3 is 1. The van der Waals surface area contributed by atoms with Gasteiger partial charge in [0.05, 0.1) is 12.8 Å². The monoisotopic (exact) mass is 324 g/mol. The molecule has 0 bridgehead atoms. The van der Waals surface area contributed by atoms with Gasteiger partial charge in [-0.05, 0) is 30.5 Å². The molecular weight excluding hydrogens is 296 g/mol. The van der Waals surface area contributed by atoms with Gasteiger partial charge in [0.15, 0.2) is 0 Å². The van der Waals surface area contributed by atoms with Crippen molar-refractivity contribution in [1.29, 1.82) is 0 Å². The van der Waals surface area contributed by atoms with Crippen LogP contribution in [0.2, 0.25) is 0 Å². The van der Waals surface area contributed by atoms with E-state index in [1.165, 1.54) is 11.3 Å². The molecule has 0 saturated carbocycles. The molecule has 1 fully saturated rings. The first-order chi connectivity index (χ1) is 11.7. The summed E-state index contributed by atoms with van der Waals surface area (Å²) < 4.78 is 5.51. The highest BCUT2D eigenvalue weighted by atomic mass is 16.5. The Morgan fingerprint density at radius 1 is 0.833 bits per heavy atom. The number of benzene rings is 2. The Morgan fingerprint density at radius 3 is 2.12 bits per heavy atom. The van der Waals surface area contributed by atoms with Crippen molar-refractivity contribution >= 4 is 5.69 Å². The summed E-state index contributed by atoms with van der Waals surface area (Å²) in [4.78, 5) is 5.05. The van der Waals surface area contributed by atoms with Crippen molar-refractivity contribution in [2.24, 2.45) is 0 Å². The molecule has 2 atom stereocenters. The molecule has 2 aromatic carbocycles. The molecule has 128 valence electrons. The van der Waals surface area contributed by atoms with E-state index in [0.29, 0.717) is 12.0 Å². The number of hydrogen-bond donors (Lipinski definition) is 0. The minimum atomic E-state index is 0.545. The Kier molecular flexibility index (Phi) is 5.41. The first-order valence-corrected chi connectivity index (χ1v) is 8.87. The molecule has 1 saturated heterocycles. The highest BCUT2D eigenvalue weighted by Gasteiger charge is 2.26. The van der Waals surface area contributed by atoms with E-state index in [4.69, 9.17) is 4.74 Å². The van der Waals surface area contributed by atoms with E-state index in [9.17, 15) is 0 Å². The fourth-order valence-corrected chi connectivity index (χ4v) is 3.61. The third-order valence-corrected chi connectivity index (χ3v) is 5.37. The van der Waals surface area contributed by atoms with E-state index in [1.807, 2.05) is 12.1 Å². The summed E-state index contributed by atoms with van der Waals surface area (Å²) in [5.74, 6) is 1.51. The molecule has 1 unspecified atom stereocenters. The molecule has 0 N–H and O–H groups in total. The van der Waals surface area contributed by atoms with Gasteiger partial charge in [0, 0.05) is 32.2 Å². The SMILES string of the molecule is COc1ccccc1N1CCN([C@H](C)C(C)c2ccccc2)CC1. The lowest BCUT2D eigenvalue weighted by atomic mass is 9.93. The lowest BCUT2D eigenvalue weighted by molar-refractivity contribution is 0.177. The number of para-hydroxylation sites is 2. The topological polar surface area (TPSA) is 15.7 Å². The maximum absolute atomic E-state index is 5.51. The van der Waals surface area contributed by atoms with Gasteiger partial charge in [0.25, 0.3) is 0 Å². The third-order valence-electron chi connectivity index (χ3n) is 5.37. The summed E-state index contributed by atoms with van der Waals surface area (Å²) in [6.07, 6.45) is 0. The van der Waals surface area contributed by atoms with E-state index in [1.54, 1.807) is 7.11 Å². The van der Waals surface area contributed by atoms with Crippen LogP contribution in [-0.4, -0.2) is 44.2 Å². The molecule has 0 aromatic heterocycles. The van der Waals surface area contributed by atoms with Gasteiger partial charge in [-0.3, -0.25) is 4.90 Å². The number of hydrogen-bond acceptors (Lipinski definition) is 3. The molecule has 3 rings (SSSR count). The van der Waals surface area contributed by atoms with Crippen LogP contribution in [0.4, 0.5) is 5.69 Å². The predicted octanol–water partition coefficient (Wildman–Crippen LogP) is 4.01. The summed E-state index contributed by atoms with van der Waals surface area (Å²) in [7, 11) is 1.75. The number of nitrogens with zero attached hydrogens (tertiary/aromatic N) is 2. The molecule has 1 aliphatic heterocycles. The van der Waals surface area contributed by atoms with Crippen LogP contribution in [0.3, 0.4) is 0 Å². The Morgan fingerprint density at radius 2 is 1.46 bits per heavy atom. The molecule has 0 radical (unpaired) electrons. The van der Waals surface area contributed by atoms with Crippen LogP contribution >= 0.6 is 0 Å². The molecule has 0 amide bonds. The van der Waals surface area contributed by atoms with Gasteiger partial charge in [-0.15, -0.1) is 0 Å². The second kappa shape index (κ2) is 7.71. The van der Waals surface area contributed by atoms with Gasteiger partial charge in [0.2, 0.25) is 0 Å². The summed E-state index contributed by atoms with van der Waals surface area (Å²) in [5, 5.41) is 0. The average Bonchev–Trinajstić information content (AvgIpc) is 2.67. The first kappa shape index (κ1) is 16.8. The quantitative estimate of drug-likeness (QED) is 0.826. The van der Waals surface area contributed by atoms with Crippen molar-refractivity contribution in [1.82, 2.24) is 4.90 Å². The fourth-order valence-electron chi connectivity index (χ4n) is 3.61. The van der Waals surface area contributed by atoms with Gasteiger partial charge < -0.3 is 9.64 Å². The molecule has 1 aliphatic rings. The molecular formula is C21H28N2O. The van der Waals surface area contributed by atoms with E-state index in [0.717, 1.165) is 31.9 Å². The maximum atomic E-state index is 5.51. The van der Waals surface area contributed by atoms with E-state index >= 15 is 0 Å². The van der Waals surface area contributed by atoms with Crippen LogP contribution in [0.25, 0.3) is 0 Å². The molecule has 2 aromatic rings. The smallest absolute Gasteiger partial charge is 0.142 e. The van der Waals surface area contributed by atoms with Crippen molar-refractivity contribution in [2.45, 2.75) is 25.8 Å². The van der Waals surface area contributed by atoms with Crippen LogP contribution < -0.4 is 9.64 Å². The number of anilines is 1. The Labute approximate surface area is 145 Å². The fraction of sp³-hybridized carbons (Fsp3) is 0.429. The Hall–Kier alpha value is -2.00. The van der Waals surface area contributed by atoms with Crippen molar-refractivity contribution < 1.29 is 4.74 Å². The van der Waals surface area contributed by atoms with Crippen LogP contribution in [0, 0.1) is 0 Å². The van der Waals surface area contributed by atoms with E-state index in [2.05, 4.69) is 66.1 Å². The highest BCUT2D eigenvalue weighted by Crippen LogP contribution is 2.30. The lowest BCUT2D eigenvalue weighted by Crippen LogP contribution is -2.50. The van der Waals surface area contributed by atoms with E-state index in [-0.39, 0.29) is 0 Å². The third kappa shape index (κ3) is 3.57. The van der Waals surface area contributed by atoms with E-state index < -0.39 is 0 Å². The van der Waals surface area contributed by atoms with Crippen LogP contribution in [0.5, 0.6) is 5.75 Å². The minimum absolute atomic E-state index is 0.545. The maximum Gasteiger partial charge on any atom is 0.142 e. The Balaban J connectivity index is 1.62. The van der Waals surface area contributed by atoms with Crippen LogP contribution in [0.15, 0.2) is 54.6 Å². The highest BCUT2D eigenvalue weighted by molar-refractivity contribution is 5.58. The second-order valence-corrected chi connectivity index (χ2v) is 6.63. The zero-order valence-corrected chi connectivity index (χ0v) is 15.0. The predicted molar refractivity (Wildman–Crippen MR) is 101 cm³/mol. The Bertz CT molecular complexity index is 635. The second-order valence-electron chi connectivity index (χ2n) is 6.63. The summed E-state index contributed by atoms with van der Waals surface area (Å²) in [6, 6.07) is 19.7. The van der Waals surface area contributed by atoms with Crippen LogP contribution in [-0.2, 0) is 0 Å². The van der Waals surface area contributed by atoms with Crippen molar-refractivity contribution in [3.05, 3.63) is 60.2 Å². The molecule has 24 heavy (non-hydrogen) atoms. The minimum Gasteiger partial charge on any atom is -0.495 e. The van der Waals surface area contributed by atoms with Crippen molar-refractivity contribution in [3.63, 3.8) is 0 Å². The zero-order valence-electron chi connectivity index (χ0n) is 15.0. The summed E-state index contributed by atoms with van der Waals surface area (Å²) in [5.41, 5.74) is 2.64. The first-order valence-electron chi connectivity index (χ1n) is 8.87.